The highest BCUT2D eigenvalue weighted by Gasteiger charge is 2.54. The van der Waals surface area contributed by atoms with Crippen LogP contribution >= 0.6 is 11.3 Å². The van der Waals surface area contributed by atoms with Crippen molar-refractivity contribution in [2.75, 3.05) is 56.1 Å². The summed E-state index contributed by atoms with van der Waals surface area (Å²) in [5, 5.41) is 25.8. The fraction of sp³-hybridized carbons (Fsp3) is 0.414. The third-order valence-corrected chi connectivity index (χ3v) is 9.41. The Kier molecular flexibility index (Phi) is 5.92. The van der Waals surface area contributed by atoms with Crippen molar-refractivity contribution in [1.29, 1.82) is 5.26 Å². The molecule has 6 heterocycles. The number of thiazole rings is 1. The fourth-order valence-electron chi connectivity index (χ4n) is 6.12. The molecule has 1 aromatic carbocycles. The van der Waals surface area contributed by atoms with Crippen LogP contribution in [0.25, 0.3) is 22.3 Å². The molecule has 3 aromatic heterocycles. The van der Waals surface area contributed by atoms with Gasteiger partial charge in [0.05, 0.1) is 36.5 Å². The van der Waals surface area contributed by atoms with E-state index in [4.69, 9.17) is 15.1 Å². The minimum Gasteiger partial charge on any atom is -0.389 e. The number of β-amino-alcohol motifs (C(OH)–C–C–N with tert-alkyl or cyclic N) is 1. The van der Waals surface area contributed by atoms with Gasteiger partial charge in [0.25, 0.3) is 0 Å². The lowest BCUT2D eigenvalue weighted by Crippen LogP contribution is -2.75. The molecular weight excluding hydrogens is 538 g/mol. The minimum atomic E-state index is -0.379. The third kappa shape index (κ3) is 4.19. The molecule has 0 radical (unpaired) electrons. The highest BCUT2D eigenvalue weighted by molar-refractivity contribution is 7.16. The number of aromatic nitrogens is 4. The van der Waals surface area contributed by atoms with E-state index in [1.54, 1.807) is 4.90 Å². The van der Waals surface area contributed by atoms with Crippen LogP contribution in [-0.4, -0.2) is 93.1 Å². The zero-order valence-electron chi connectivity index (χ0n) is 23.3. The molecule has 3 aliphatic rings. The molecule has 41 heavy (non-hydrogen) atoms. The van der Waals surface area contributed by atoms with Crippen molar-refractivity contribution in [1.82, 2.24) is 29.5 Å². The summed E-state index contributed by atoms with van der Waals surface area (Å²) in [5.41, 5.74) is 4.59. The maximum atomic E-state index is 12.5. The van der Waals surface area contributed by atoms with Crippen LogP contribution in [0.2, 0.25) is 0 Å². The fourth-order valence-corrected chi connectivity index (χ4v) is 6.97. The van der Waals surface area contributed by atoms with Crippen LogP contribution in [0.15, 0.2) is 36.5 Å². The number of hydrogen-bond donors (Lipinski definition) is 1. The molecule has 3 fully saturated rings. The molecule has 1 N–H and O–H groups in total. The molecule has 12 heteroatoms. The number of fused-ring (bicyclic) bond motifs is 1. The summed E-state index contributed by atoms with van der Waals surface area (Å²) in [7, 11) is 1.96. The van der Waals surface area contributed by atoms with E-state index in [1.165, 1.54) is 11.3 Å². The number of rotatable bonds is 5. The summed E-state index contributed by atoms with van der Waals surface area (Å²) in [6.45, 7) is 8.88. The van der Waals surface area contributed by atoms with Crippen LogP contribution in [-0.2, 0) is 6.54 Å². The van der Waals surface area contributed by atoms with Crippen molar-refractivity contribution in [3.05, 3.63) is 47.0 Å². The Balaban J connectivity index is 1.12. The second-order valence-corrected chi connectivity index (χ2v) is 12.4. The zero-order valence-corrected chi connectivity index (χ0v) is 24.1. The maximum absolute atomic E-state index is 12.5. The lowest BCUT2D eigenvalue weighted by Gasteiger charge is -2.61. The van der Waals surface area contributed by atoms with E-state index >= 15 is 0 Å². The van der Waals surface area contributed by atoms with Crippen LogP contribution in [0.4, 0.5) is 21.4 Å². The minimum absolute atomic E-state index is 0.0365. The SMILES string of the molecule is CCn1nc2ncc(N3CC4(CN(C(=O)N5CC(O)C5)C4)C3)cc2c1N(C)c1nc(-c2ccc(C)cc2)c(C#N)s1. The molecule has 3 saturated heterocycles. The maximum Gasteiger partial charge on any atom is 0.320 e. The number of carbonyl (C=O) groups is 1. The summed E-state index contributed by atoms with van der Waals surface area (Å²) in [5.74, 6) is 0.887. The second-order valence-electron chi connectivity index (χ2n) is 11.5. The molecule has 7 rings (SSSR count). The number of urea groups is 1. The molecule has 3 aliphatic heterocycles. The van der Waals surface area contributed by atoms with Crippen LogP contribution in [0.1, 0.15) is 17.4 Å². The number of nitrogens with zero attached hydrogens (tertiary/aromatic N) is 9. The molecule has 0 bridgehead atoms. The van der Waals surface area contributed by atoms with Crippen molar-refractivity contribution in [2.24, 2.45) is 5.41 Å². The Morgan fingerprint density at radius 1 is 1.20 bits per heavy atom. The van der Waals surface area contributed by atoms with Gasteiger partial charge in [-0.15, -0.1) is 0 Å². The predicted molar refractivity (Wildman–Crippen MR) is 157 cm³/mol. The summed E-state index contributed by atoms with van der Waals surface area (Å²) in [6.07, 6.45) is 1.50. The van der Waals surface area contributed by atoms with Gasteiger partial charge in [-0.2, -0.15) is 10.4 Å². The van der Waals surface area contributed by atoms with E-state index in [0.717, 1.165) is 59.3 Å². The predicted octanol–water partition coefficient (Wildman–Crippen LogP) is 3.44. The zero-order chi connectivity index (χ0) is 28.5. The van der Waals surface area contributed by atoms with Crippen LogP contribution in [0, 0.1) is 23.7 Å². The van der Waals surface area contributed by atoms with E-state index in [2.05, 4.69) is 17.0 Å². The molecule has 0 atom stereocenters. The van der Waals surface area contributed by atoms with Gasteiger partial charge in [0.15, 0.2) is 10.8 Å². The van der Waals surface area contributed by atoms with E-state index < -0.39 is 0 Å². The first kappa shape index (κ1) is 25.7. The van der Waals surface area contributed by atoms with E-state index in [-0.39, 0.29) is 17.6 Å². The van der Waals surface area contributed by atoms with Crippen LogP contribution < -0.4 is 9.80 Å². The number of pyridine rings is 1. The monoisotopic (exact) mass is 569 g/mol. The molecule has 2 amide bonds. The average Bonchev–Trinajstić information content (AvgIpc) is 3.51. The standard InChI is InChI=1S/C29H31N9O2S/c1-4-38-26(34(3)27-32-24(23(10-30)41-27)19-7-5-18(2)6-8-19)22-9-20(11-31-25(22)33-38)36-14-29(15-36)16-37(17-29)28(40)35-12-21(39)13-35/h5-9,11,21,39H,4,12-17H2,1-3H3. The highest BCUT2D eigenvalue weighted by atomic mass is 32.1. The normalized spacial score (nSPS) is 17.8. The molecule has 4 aromatic rings. The molecule has 1 spiro atoms. The van der Waals surface area contributed by atoms with Gasteiger partial charge in [-0.1, -0.05) is 41.2 Å². The summed E-state index contributed by atoms with van der Waals surface area (Å²) in [4.78, 5) is 30.6. The lowest BCUT2D eigenvalue weighted by molar-refractivity contribution is -0.0329. The van der Waals surface area contributed by atoms with Gasteiger partial charge in [0.1, 0.15) is 22.5 Å². The number of amides is 2. The summed E-state index contributed by atoms with van der Waals surface area (Å²) >= 11 is 1.37. The first-order valence-electron chi connectivity index (χ1n) is 13.8. The Bertz CT molecular complexity index is 1690. The number of aryl methyl sites for hydroxylation is 2. The van der Waals surface area contributed by atoms with Crippen molar-refractivity contribution >= 4 is 45.0 Å². The van der Waals surface area contributed by atoms with Gasteiger partial charge in [0, 0.05) is 50.7 Å². The largest absolute Gasteiger partial charge is 0.389 e. The Morgan fingerprint density at radius 2 is 1.93 bits per heavy atom. The number of aliphatic hydroxyl groups excluding tert-OH is 1. The van der Waals surface area contributed by atoms with Crippen molar-refractivity contribution in [3.8, 4) is 17.3 Å². The average molecular weight is 570 g/mol. The van der Waals surface area contributed by atoms with Gasteiger partial charge >= 0.3 is 6.03 Å². The first-order valence-corrected chi connectivity index (χ1v) is 14.6. The number of hydrogen-bond acceptors (Lipinski definition) is 9. The smallest absolute Gasteiger partial charge is 0.320 e. The van der Waals surface area contributed by atoms with Gasteiger partial charge < -0.3 is 24.7 Å². The molecule has 0 aliphatic carbocycles. The molecular formula is C29H31N9O2S. The van der Waals surface area contributed by atoms with E-state index in [0.29, 0.717) is 35.9 Å². The van der Waals surface area contributed by atoms with Crippen LogP contribution in [0.3, 0.4) is 0 Å². The van der Waals surface area contributed by atoms with Crippen molar-refractivity contribution < 1.29 is 9.90 Å². The van der Waals surface area contributed by atoms with E-state index in [9.17, 15) is 15.2 Å². The topological polar surface area (TPSA) is 118 Å². The Morgan fingerprint density at radius 3 is 2.59 bits per heavy atom. The van der Waals surface area contributed by atoms with Gasteiger partial charge in [0.2, 0.25) is 0 Å². The molecule has 11 nitrogen and oxygen atoms in total. The highest BCUT2D eigenvalue weighted by Crippen LogP contribution is 2.44. The Hall–Kier alpha value is -4.21. The van der Waals surface area contributed by atoms with Crippen LogP contribution in [0.5, 0.6) is 0 Å². The van der Waals surface area contributed by atoms with E-state index in [1.807, 2.05) is 65.8 Å². The molecule has 0 unspecified atom stereocenters. The molecule has 0 saturated carbocycles. The summed E-state index contributed by atoms with van der Waals surface area (Å²) in [6, 6.07) is 12.6. The van der Waals surface area contributed by atoms with Gasteiger partial charge in [-0.3, -0.25) is 0 Å². The van der Waals surface area contributed by atoms with Gasteiger partial charge in [-0.05, 0) is 19.9 Å². The number of anilines is 3. The second kappa shape index (κ2) is 9.43. The lowest BCUT2D eigenvalue weighted by atomic mass is 9.72. The number of carbonyl (C=O) groups excluding carboxylic acids is 1. The van der Waals surface area contributed by atoms with Gasteiger partial charge in [-0.25, -0.2) is 19.4 Å². The third-order valence-electron chi connectivity index (χ3n) is 8.37. The first-order chi connectivity index (χ1) is 19.8. The van der Waals surface area contributed by atoms with Crippen molar-refractivity contribution in [2.45, 2.75) is 26.5 Å². The quantitative estimate of drug-likeness (QED) is 0.389. The number of nitriles is 1. The number of benzene rings is 1. The van der Waals surface area contributed by atoms with Crippen molar-refractivity contribution in [3.63, 3.8) is 0 Å². The number of aliphatic hydroxyl groups is 1. The summed E-state index contributed by atoms with van der Waals surface area (Å²) < 4.78 is 1.93. The molecule has 210 valence electrons. The number of likely N-dealkylation sites (tertiary alicyclic amines) is 2. The Labute approximate surface area is 241 Å².